The van der Waals surface area contributed by atoms with Gasteiger partial charge in [0, 0.05) is 11.8 Å². The molecule has 2 saturated carbocycles. The Bertz CT molecular complexity index is 443. The molecule has 2 bridgehead atoms. The zero-order chi connectivity index (χ0) is 13.7. The van der Waals surface area contributed by atoms with Gasteiger partial charge in [-0.1, -0.05) is 12.2 Å². The van der Waals surface area contributed by atoms with Crippen LogP contribution in [0.4, 0.5) is 0 Å². The summed E-state index contributed by atoms with van der Waals surface area (Å²) < 4.78 is 16.1. The lowest BCUT2D eigenvalue weighted by molar-refractivity contribution is -0.153. The van der Waals surface area contributed by atoms with Gasteiger partial charge in [0.25, 0.3) is 0 Å². The van der Waals surface area contributed by atoms with Gasteiger partial charge in [-0.2, -0.15) is 0 Å². The van der Waals surface area contributed by atoms with Gasteiger partial charge in [0.15, 0.2) is 0 Å². The molecule has 1 heterocycles. The van der Waals surface area contributed by atoms with Crippen LogP contribution in [0.1, 0.15) is 13.3 Å². The number of esters is 2. The SMILES string of the molecule is C=C(C)COC1C2CC3C1OC(=O)C3C2C(=O)OC. The first kappa shape index (κ1) is 12.7. The smallest absolute Gasteiger partial charge is 0.310 e. The molecule has 1 saturated heterocycles. The van der Waals surface area contributed by atoms with Crippen molar-refractivity contribution in [3.63, 3.8) is 0 Å². The second-order valence-corrected chi connectivity index (χ2v) is 5.77. The largest absolute Gasteiger partial charge is 0.469 e. The van der Waals surface area contributed by atoms with E-state index in [9.17, 15) is 9.59 Å². The number of hydrogen-bond donors (Lipinski definition) is 0. The Kier molecular flexibility index (Phi) is 2.89. The van der Waals surface area contributed by atoms with Crippen molar-refractivity contribution in [1.82, 2.24) is 0 Å². The fourth-order valence-corrected chi connectivity index (χ4v) is 3.91. The molecule has 5 nitrogen and oxygen atoms in total. The van der Waals surface area contributed by atoms with E-state index in [2.05, 4.69) is 6.58 Å². The summed E-state index contributed by atoms with van der Waals surface area (Å²) in [6.07, 6.45) is 0.415. The number of methoxy groups -OCH3 is 1. The van der Waals surface area contributed by atoms with Gasteiger partial charge in [-0.25, -0.2) is 0 Å². The quantitative estimate of drug-likeness (QED) is 0.559. The first-order valence-corrected chi connectivity index (χ1v) is 6.59. The van der Waals surface area contributed by atoms with E-state index in [1.54, 1.807) is 0 Å². The van der Waals surface area contributed by atoms with Gasteiger partial charge >= 0.3 is 11.9 Å². The van der Waals surface area contributed by atoms with Gasteiger partial charge in [0.05, 0.1) is 31.7 Å². The van der Waals surface area contributed by atoms with Gasteiger partial charge in [0.1, 0.15) is 6.10 Å². The fraction of sp³-hybridized carbons (Fsp3) is 0.714. The third-order valence-electron chi connectivity index (χ3n) is 4.54. The van der Waals surface area contributed by atoms with E-state index in [4.69, 9.17) is 14.2 Å². The van der Waals surface area contributed by atoms with Crippen LogP contribution in [0.3, 0.4) is 0 Å². The lowest BCUT2D eigenvalue weighted by Crippen LogP contribution is -2.42. The standard InChI is InChI=1S/C14H18O5/c1-6(2)5-18-11-7-4-8-10(9(7)13(15)17-3)14(16)19-12(8)11/h7-12H,1,4-5H2,2-3H3. The van der Waals surface area contributed by atoms with Crippen molar-refractivity contribution in [3.8, 4) is 0 Å². The summed E-state index contributed by atoms with van der Waals surface area (Å²) in [6.45, 7) is 6.11. The minimum atomic E-state index is -0.406. The van der Waals surface area contributed by atoms with Crippen molar-refractivity contribution in [2.75, 3.05) is 13.7 Å². The Balaban J connectivity index is 1.84. The van der Waals surface area contributed by atoms with Crippen LogP contribution < -0.4 is 0 Å². The summed E-state index contributed by atoms with van der Waals surface area (Å²) in [5, 5.41) is 0. The average Bonchev–Trinajstić information content (AvgIpc) is 2.96. The highest BCUT2D eigenvalue weighted by atomic mass is 16.6. The molecule has 0 amide bonds. The second kappa shape index (κ2) is 4.34. The van der Waals surface area contributed by atoms with Crippen molar-refractivity contribution in [3.05, 3.63) is 12.2 Å². The predicted octanol–water partition coefficient (Wildman–Crippen LogP) is 0.928. The molecule has 3 rings (SSSR count). The van der Waals surface area contributed by atoms with E-state index < -0.39 is 5.92 Å². The van der Waals surface area contributed by atoms with Gasteiger partial charge in [-0.3, -0.25) is 9.59 Å². The monoisotopic (exact) mass is 266 g/mol. The number of hydrogen-bond acceptors (Lipinski definition) is 5. The van der Waals surface area contributed by atoms with E-state index in [0.29, 0.717) is 6.61 Å². The zero-order valence-electron chi connectivity index (χ0n) is 11.1. The molecule has 0 N–H and O–H groups in total. The van der Waals surface area contributed by atoms with Gasteiger partial charge in [-0.05, 0) is 13.3 Å². The van der Waals surface area contributed by atoms with Crippen LogP contribution >= 0.6 is 0 Å². The van der Waals surface area contributed by atoms with Crippen LogP contribution in [0.2, 0.25) is 0 Å². The fourth-order valence-electron chi connectivity index (χ4n) is 3.91. The number of rotatable bonds is 4. The highest BCUT2D eigenvalue weighted by molar-refractivity contribution is 5.86. The maximum Gasteiger partial charge on any atom is 0.310 e. The van der Waals surface area contributed by atoms with Crippen LogP contribution in [0.15, 0.2) is 12.2 Å². The molecule has 2 aliphatic carbocycles. The Morgan fingerprint density at radius 2 is 2.21 bits per heavy atom. The molecule has 19 heavy (non-hydrogen) atoms. The van der Waals surface area contributed by atoms with E-state index in [-0.39, 0.29) is 41.9 Å². The summed E-state index contributed by atoms with van der Waals surface area (Å²) in [5.41, 5.74) is 0.915. The summed E-state index contributed by atoms with van der Waals surface area (Å²) in [5.74, 6) is -1.19. The number of fused-ring (bicyclic) bond motifs is 1. The first-order valence-electron chi connectivity index (χ1n) is 6.59. The van der Waals surface area contributed by atoms with Gasteiger partial charge in [-0.15, -0.1) is 0 Å². The zero-order valence-corrected chi connectivity index (χ0v) is 11.1. The van der Waals surface area contributed by atoms with E-state index in [1.807, 2.05) is 6.92 Å². The van der Waals surface area contributed by atoms with Gasteiger partial charge < -0.3 is 14.2 Å². The van der Waals surface area contributed by atoms with E-state index in [0.717, 1.165) is 12.0 Å². The van der Waals surface area contributed by atoms with Crippen molar-refractivity contribution >= 4 is 11.9 Å². The van der Waals surface area contributed by atoms with Crippen LogP contribution in [0, 0.1) is 23.7 Å². The average molecular weight is 266 g/mol. The van der Waals surface area contributed by atoms with E-state index >= 15 is 0 Å². The molecule has 104 valence electrons. The lowest BCUT2D eigenvalue weighted by atomic mass is 9.78. The minimum absolute atomic E-state index is 0.0262. The Morgan fingerprint density at radius 3 is 2.84 bits per heavy atom. The summed E-state index contributed by atoms with van der Waals surface area (Å²) in [6, 6.07) is 0. The molecule has 1 aliphatic heterocycles. The number of carbonyl (C=O) groups excluding carboxylic acids is 2. The molecule has 0 radical (unpaired) electrons. The molecule has 0 aromatic carbocycles. The topological polar surface area (TPSA) is 61.8 Å². The van der Waals surface area contributed by atoms with Crippen LogP contribution in [-0.4, -0.2) is 37.9 Å². The molecule has 0 aromatic rings. The highest BCUT2D eigenvalue weighted by Crippen LogP contribution is 2.58. The van der Waals surface area contributed by atoms with Crippen molar-refractivity contribution in [2.24, 2.45) is 23.7 Å². The van der Waals surface area contributed by atoms with Crippen LogP contribution in [-0.2, 0) is 23.8 Å². The Morgan fingerprint density at radius 1 is 1.47 bits per heavy atom. The third kappa shape index (κ3) is 1.71. The maximum absolute atomic E-state index is 11.9. The first-order chi connectivity index (χ1) is 9.04. The van der Waals surface area contributed by atoms with E-state index in [1.165, 1.54) is 7.11 Å². The Hall–Kier alpha value is -1.36. The lowest BCUT2D eigenvalue weighted by Gasteiger charge is -2.30. The number of ether oxygens (including phenoxy) is 3. The predicted molar refractivity (Wildman–Crippen MR) is 65.0 cm³/mol. The molecule has 6 unspecified atom stereocenters. The van der Waals surface area contributed by atoms with Crippen molar-refractivity contribution in [2.45, 2.75) is 25.6 Å². The minimum Gasteiger partial charge on any atom is -0.469 e. The highest BCUT2D eigenvalue weighted by Gasteiger charge is 2.69. The maximum atomic E-state index is 11.9. The molecule has 0 aromatic heterocycles. The Labute approximate surface area is 111 Å². The molecular weight excluding hydrogens is 248 g/mol. The van der Waals surface area contributed by atoms with Crippen molar-refractivity contribution in [1.29, 1.82) is 0 Å². The molecular formula is C14H18O5. The summed E-state index contributed by atoms with van der Waals surface area (Å²) in [7, 11) is 1.36. The summed E-state index contributed by atoms with van der Waals surface area (Å²) in [4.78, 5) is 23.8. The molecule has 3 fully saturated rings. The third-order valence-corrected chi connectivity index (χ3v) is 4.54. The molecule has 3 aliphatic rings. The van der Waals surface area contributed by atoms with Crippen LogP contribution in [0.5, 0.6) is 0 Å². The van der Waals surface area contributed by atoms with Crippen LogP contribution in [0.25, 0.3) is 0 Å². The van der Waals surface area contributed by atoms with Crippen molar-refractivity contribution < 1.29 is 23.8 Å². The molecule has 0 spiro atoms. The molecule has 6 atom stereocenters. The van der Waals surface area contributed by atoms with Gasteiger partial charge in [0.2, 0.25) is 0 Å². The summed E-state index contributed by atoms with van der Waals surface area (Å²) >= 11 is 0. The molecule has 5 heteroatoms. The normalized spacial score (nSPS) is 42.3. The second-order valence-electron chi connectivity index (χ2n) is 5.77. The number of carbonyl (C=O) groups is 2.